The summed E-state index contributed by atoms with van der Waals surface area (Å²) in [7, 11) is -4.06. The fourth-order valence-corrected chi connectivity index (χ4v) is 3.58. The van der Waals surface area contributed by atoms with Crippen molar-refractivity contribution in [1.82, 2.24) is 29.1 Å². The second kappa shape index (κ2) is 13.0. The van der Waals surface area contributed by atoms with Crippen LogP contribution in [0.15, 0.2) is 18.2 Å². The zero-order valence-electron chi connectivity index (χ0n) is 21.3. The summed E-state index contributed by atoms with van der Waals surface area (Å²) >= 11 is 0. The molecule has 4 rings (SSSR count). The fraction of sp³-hybridized carbons (Fsp3) is 0.526. The first-order valence-electron chi connectivity index (χ1n) is 11.4. The van der Waals surface area contributed by atoms with Gasteiger partial charge >= 0.3 is 59.4 Å². The van der Waals surface area contributed by atoms with Crippen LogP contribution in [0.25, 0.3) is 0 Å². The number of hydrogen-bond acceptors (Lipinski definition) is 4. The van der Waals surface area contributed by atoms with E-state index in [4.69, 9.17) is 4.74 Å². The Morgan fingerprint density at radius 2 is 0.696 bits per heavy atom. The average Bonchev–Trinajstić information content (AvgIpc) is 3.63. The van der Waals surface area contributed by atoms with Gasteiger partial charge in [-0.05, 0) is 31.0 Å². The van der Waals surface area contributed by atoms with Crippen molar-refractivity contribution in [2.45, 2.75) is 49.9 Å². The quantitative estimate of drug-likeness (QED) is 0.210. The van der Waals surface area contributed by atoms with Crippen molar-refractivity contribution in [1.29, 1.82) is 0 Å². The second-order valence-corrected chi connectivity index (χ2v) is 8.73. The molecule has 1 aliphatic heterocycles. The Balaban J connectivity index is 0.00000112. The van der Waals surface area contributed by atoms with Crippen molar-refractivity contribution in [3.8, 4) is 0 Å². The van der Waals surface area contributed by atoms with Crippen LogP contribution in [-0.4, -0.2) is 49.4 Å². The van der Waals surface area contributed by atoms with E-state index < -0.39 is 110 Å². The molecule has 1 aliphatic rings. The molecule has 0 aliphatic carbocycles. The molecule has 4 heterocycles. The maximum absolute atomic E-state index is 13.6. The molecule has 46 heavy (non-hydrogen) atoms. The maximum Gasteiger partial charge on any atom is 1.00 e. The van der Waals surface area contributed by atoms with Gasteiger partial charge in [0.25, 0.3) is 7.12 Å². The van der Waals surface area contributed by atoms with E-state index in [2.05, 4.69) is 15.3 Å². The minimum atomic E-state index is -6.15. The van der Waals surface area contributed by atoms with E-state index >= 15 is 0 Å². The van der Waals surface area contributed by atoms with Crippen molar-refractivity contribution < 1.29 is 106 Å². The summed E-state index contributed by atoms with van der Waals surface area (Å²) in [5.41, 5.74) is -16.5. The first-order chi connectivity index (χ1) is 20.1. The Labute approximate surface area is 258 Å². The third-order valence-electron chi connectivity index (χ3n) is 5.43. The maximum atomic E-state index is 13.6. The molecular formula is C19H11AgBF18N6O. The van der Waals surface area contributed by atoms with Gasteiger partial charge in [-0.2, -0.15) is 79.0 Å². The van der Waals surface area contributed by atoms with Gasteiger partial charge in [-0.1, -0.05) is 0 Å². The van der Waals surface area contributed by atoms with E-state index in [-0.39, 0.29) is 22.4 Å². The minimum absolute atomic E-state index is 0. The Morgan fingerprint density at radius 1 is 0.457 bits per heavy atom. The summed E-state index contributed by atoms with van der Waals surface area (Å²) in [6, 6.07) is -2.89. The zero-order valence-corrected chi connectivity index (χ0v) is 22.8. The van der Waals surface area contributed by atoms with E-state index in [1.54, 1.807) is 0 Å². The Bertz CT molecular complexity index is 1300. The van der Waals surface area contributed by atoms with Crippen LogP contribution in [0.5, 0.6) is 0 Å². The zero-order chi connectivity index (χ0) is 34.6. The molecule has 0 N–H and O–H groups in total. The SMILES string of the molecule is C1CCOC1.FC(F)(F)c1cc(C(F)(F)F)n([B-](n2nc(C(F)(F)F)cc2C(F)(F)F)n2nc(C(F)(F)F)cc2C(F)(F)F)n1.[Ag+]. The van der Waals surface area contributed by atoms with Gasteiger partial charge in [0, 0.05) is 13.2 Å². The van der Waals surface area contributed by atoms with Gasteiger partial charge in [0.05, 0.1) is 0 Å². The number of alkyl halides is 18. The van der Waals surface area contributed by atoms with Crippen LogP contribution in [0.2, 0.25) is 0 Å². The molecule has 0 aromatic carbocycles. The third-order valence-corrected chi connectivity index (χ3v) is 5.43. The first-order valence-corrected chi connectivity index (χ1v) is 11.4. The van der Waals surface area contributed by atoms with Crippen LogP contribution >= 0.6 is 0 Å². The van der Waals surface area contributed by atoms with Gasteiger partial charge < -0.3 is 18.5 Å². The summed E-state index contributed by atoms with van der Waals surface area (Å²) in [6.07, 6.45) is -33.6. The Kier molecular flexibility index (Phi) is 11.1. The summed E-state index contributed by atoms with van der Waals surface area (Å²) in [4.78, 5) is 0. The molecule has 0 unspecified atom stereocenters. The summed E-state index contributed by atoms with van der Waals surface area (Å²) in [5.74, 6) is 0. The van der Waals surface area contributed by atoms with Gasteiger partial charge in [0.1, 0.15) is 17.1 Å². The molecule has 3 aromatic heterocycles. The third kappa shape index (κ3) is 8.93. The molecule has 3 aromatic rings. The van der Waals surface area contributed by atoms with Crippen LogP contribution in [0, 0.1) is 0 Å². The van der Waals surface area contributed by atoms with Crippen LogP contribution in [-0.2, 0) is 64.2 Å². The monoisotopic (exact) mass is 799 g/mol. The largest absolute Gasteiger partial charge is 1.00 e. The predicted octanol–water partition coefficient (Wildman–Crippen LogP) is 7.11. The van der Waals surface area contributed by atoms with Crippen molar-refractivity contribution >= 4 is 7.12 Å². The van der Waals surface area contributed by atoms with Crippen LogP contribution in [0.4, 0.5) is 79.0 Å². The van der Waals surface area contributed by atoms with Crippen LogP contribution in [0.1, 0.15) is 47.0 Å². The molecule has 263 valence electrons. The minimum Gasteiger partial charge on any atom is -0.414 e. The number of nitrogens with zero attached hydrogens (tertiary/aromatic N) is 6. The molecule has 0 atom stereocenters. The molecule has 1 saturated heterocycles. The normalized spacial score (nSPS) is 15.2. The van der Waals surface area contributed by atoms with Gasteiger partial charge in [-0.3, -0.25) is 0 Å². The van der Waals surface area contributed by atoms with Gasteiger partial charge in [-0.15, -0.1) is 0 Å². The van der Waals surface area contributed by atoms with E-state index in [0.717, 1.165) is 13.2 Å². The summed E-state index contributed by atoms with van der Waals surface area (Å²) in [5, 5.41) is 6.73. The van der Waals surface area contributed by atoms with Gasteiger partial charge in [0.15, 0.2) is 17.1 Å². The summed E-state index contributed by atoms with van der Waals surface area (Å²) < 4.78 is 242. The summed E-state index contributed by atoms with van der Waals surface area (Å²) in [6.45, 7) is 2.00. The fourth-order valence-electron chi connectivity index (χ4n) is 3.58. The number of ether oxygens (including phenoxy) is 1. The number of halogens is 18. The molecular weight excluding hydrogens is 789 g/mol. The Morgan fingerprint density at radius 3 is 0.848 bits per heavy atom. The van der Waals surface area contributed by atoms with Gasteiger partial charge in [-0.25, -0.2) is 15.3 Å². The van der Waals surface area contributed by atoms with Crippen molar-refractivity contribution in [3.05, 3.63) is 52.4 Å². The van der Waals surface area contributed by atoms with E-state index in [0.29, 0.717) is 0 Å². The molecule has 7 nitrogen and oxygen atoms in total. The number of rotatable bonds is 3. The standard InChI is InChI=1S/C15H3BF18N6.C4H8O.Ag/c17-10(18,19)4-1-7(13(26,27)28)38(35-4)16(39-8(14(29,30)31)2-5(36-39)11(20,21)22)40-9(15(32,33)34)3-6(37-40)12(23,24)25;1-2-4-5-3-1;/h1-3H;1-4H2;/q-1;;+1. The molecule has 0 bridgehead atoms. The first kappa shape index (κ1) is 39.3. The second-order valence-electron chi connectivity index (χ2n) is 8.73. The Hall–Kier alpha value is -2.86. The van der Waals surface area contributed by atoms with E-state index in [1.165, 1.54) is 12.8 Å². The predicted molar refractivity (Wildman–Crippen MR) is 109 cm³/mol. The molecule has 1 fully saturated rings. The molecule has 0 spiro atoms. The van der Waals surface area contributed by atoms with Crippen LogP contribution in [0.3, 0.4) is 0 Å². The van der Waals surface area contributed by atoms with Crippen molar-refractivity contribution in [2.24, 2.45) is 0 Å². The molecule has 0 amide bonds. The molecule has 27 heteroatoms. The average molecular weight is 800 g/mol. The molecule has 1 radical (unpaired) electrons. The van der Waals surface area contributed by atoms with Crippen LogP contribution < -0.4 is 0 Å². The number of aromatic nitrogens is 6. The molecule has 0 saturated carbocycles. The van der Waals surface area contributed by atoms with E-state index in [1.807, 2.05) is 0 Å². The van der Waals surface area contributed by atoms with Gasteiger partial charge in [0.2, 0.25) is 0 Å². The topological polar surface area (TPSA) is 62.7 Å². The smallest absolute Gasteiger partial charge is 0.414 e. The van der Waals surface area contributed by atoms with Crippen molar-refractivity contribution in [3.63, 3.8) is 0 Å². The van der Waals surface area contributed by atoms with Crippen molar-refractivity contribution in [2.75, 3.05) is 13.2 Å². The number of hydrogen-bond donors (Lipinski definition) is 0. The van der Waals surface area contributed by atoms with E-state index in [9.17, 15) is 79.0 Å².